The monoisotopic (exact) mass is 810 g/mol. The van der Waals surface area contributed by atoms with Crippen LogP contribution in [0.5, 0.6) is 0 Å². The molecule has 0 radical (unpaired) electrons. The molecular formula is C62H38N2. The standard InChI is InChI=1S/C62H38N2/c1-2-16-42(17-3-1)63-60-38-41(30-32-51(60)55-33-29-39-15-4-5-18-43(39)62(55)63)40-31-36-59-56(37-40)50-24-11-13-28-58(50)64(59)57-27-12-10-23-49(57)45-20-7-6-19-44(45)48-34-35-54-47-22-9-8-21-46(47)52-25-14-26-53(48)61(52)54/h1-38H. The van der Waals surface area contributed by atoms with Crippen molar-refractivity contribution < 1.29 is 0 Å². The first-order chi connectivity index (χ1) is 31.8. The van der Waals surface area contributed by atoms with Crippen molar-refractivity contribution in [1.82, 2.24) is 9.13 Å². The molecule has 14 rings (SSSR count). The Hall–Kier alpha value is -8.46. The Balaban J connectivity index is 0.948. The molecule has 0 unspecified atom stereocenters. The lowest BCUT2D eigenvalue weighted by molar-refractivity contribution is 1.18. The fraction of sp³-hybridized carbons (Fsp3) is 0. The second kappa shape index (κ2) is 13.5. The third-order valence-corrected chi connectivity index (χ3v) is 13.9. The van der Waals surface area contributed by atoms with Gasteiger partial charge in [-0.3, -0.25) is 0 Å². The zero-order chi connectivity index (χ0) is 41.9. The fourth-order valence-electron chi connectivity index (χ4n) is 11.1. The van der Waals surface area contributed by atoms with Crippen molar-refractivity contribution >= 4 is 65.2 Å². The quantitative estimate of drug-likeness (QED) is 0.164. The van der Waals surface area contributed by atoms with Crippen LogP contribution in [0, 0.1) is 0 Å². The van der Waals surface area contributed by atoms with Crippen molar-refractivity contribution in [3.05, 3.63) is 231 Å². The average Bonchev–Trinajstić information content (AvgIpc) is 4.00. The van der Waals surface area contributed by atoms with Gasteiger partial charge in [0.15, 0.2) is 0 Å². The Morgan fingerprint density at radius 3 is 1.62 bits per heavy atom. The lowest BCUT2D eigenvalue weighted by atomic mass is 9.89. The minimum absolute atomic E-state index is 1.16. The topological polar surface area (TPSA) is 9.86 Å². The van der Waals surface area contributed by atoms with Crippen molar-refractivity contribution in [2.75, 3.05) is 0 Å². The van der Waals surface area contributed by atoms with Crippen molar-refractivity contribution in [3.63, 3.8) is 0 Å². The molecule has 0 fully saturated rings. The highest BCUT2D eigenvalue weighted by molar-refractivity contribution is 6.21. The molecule has 0 N–H and O–H groups in total. The van der Waals surface area contributed by atoms with E-state index in [1.165, 1.54) is 121 Å². The van der Waals surface area contributed by atoms with Crippen LogP contribution < -0.4 is 0 Å². The maximum Gasteiger partial charge on any atom is 0.0619 e. The Morgan fingerprint density at radius 1 is 0.250 bits per heavy atom. The van der Waals surface area contributed by atoms with Gasteiger partial charge in [-0.2, -0.15) is 0 Å². The number of hydrogen-bond acceptors (Lipinski definition) is 0. The van der Waals surface area contributed by atoms with Crippen molar-refractivity contribution in [2.24, 2.45) is 0 Å². The summed E-state index contributed by atoms with van der Waals surface area (Å²) in [5, 5.41) is 10.1. The van der Waals surface area contributed by atoms with Gasteiger partial charge in [-0.05, 0) is 109 Å². The van der Waals surface area contributed by atoms with Crippen LogP contribution in [0.2, 0.25) is 0 Å². The summed E-state index contributed by atoms with van der Waals surface area (Å²) < 4.78 is 4.94. The number of nitrogens with zero attached hydrogens (tertiary/aromatic N) is 2. The van der Waals surface area contributed by atoms with Crippen LogP contribution >= 0.6 is 0 Å². The Kier molecular flexibility index (Phi) is 7.43. The summed E-state index contributed by atoms with van der Waals surface area (Å²) in [6, 6.07) is 85.2. The summed E-state index contributed by atoms with van der Waals surface area (Å²) >= 11 is 0. The van der Waals surface area contributed by atoms with E-state index < -0.39 is 0 Å². The molecular weight excluding hydrogens is 773 g/mol. The number of hydrogen-bond donors (Lipinski definition) is 0. The molecule has 2 heterocycles. The number of para-hydroxylation sites is 3. The van der Waals surface area contributed by atoms with Gasteiger partial charge in [-0.1, -0.05) is 188 Å². The maximum atomic E-state index is 2.48. The lowest BCUT2D eigenvalue weighted by Gasteiger charge is -2.18. The molecule has 1 aliphatic rings. The van der Waals surface area contributed by atoms with Gasteiger partial charge in [0.05, 0.1) is 27.8 Å². The van der Waals surface area contributed by atoms with Gasteiger partial charge >= 0.3 is 0 Å². The second-order valence-electron chi connectivity index (χ2n) is 17.2. The Morgan fingerprint density at radius 2 is 0.797 bits per heavy atom. The summed E-state index contributed by atoms with van der Waals surface area (Å²) in [5.41, 5.74) is 19.7. The summed E-state index contributed by atoms with van der Waals surface area (Å²) in [6.45, 7) is 0. The van der Waals surface area contributed by atoms with E-state index in [2.05, 4.69) is 240 Å². The van der Waals surface area contributed by atoms with Crippen LogP contribution in [0.1, 0.15) is 0 Å². The molecule has 0 amide bonds. The second-order valence-corrected chi connectivity index (χ2v) is 17.2. The zero-order valence-corrected chi connectivity index (χ0v) is 34.8. The predicted molar refractivity (Wildman–Crippen MR) is 271 cm³/mol. The van der Waals surface area contributed by atoms with E-state index in [1.807, 2.05) is 0 Å². The highest BCUT2D eigenvalue weighted by Gasteiger charge is 2.24. The Bertz CT molecular complexity index is 4040. The highest BCUT2D eigenvalue weighted by Crippen LogP contribution is 2.50. The van der Waals surface area contributed by atoms with Gasteiger partial charge in [0.2, 0.25) is 0 Å². The lowest BCUT2D eigenvalue weighted by Crippen LogP contribution is -1.98. The number of aromatic nitrogens is 2. The van der Waals surface area contributed by atoms with Gasteiger partial charge < -0.3 is 9.13 Å². The molecule has 0 bridgehead atoms. The van der Waals surface area contributed by atoms with Gasteiger partial charge in [-0.15, -0.1) is 0 Å². The van der Waals surface area contributed by atoms with Gasteiger partial charge in [-0.25, -0.2) is 0 Å². The molecule has 0 saturated heterocycles. The van der Waals surface area contributed by atoms with Gasteiger partial charge in [0, 0.05) is 38.2 Å². The number of benzene rings is 11. The van der Waals surface area contributed by atoms with E-state index in [4.69, 9.17) is 0 Å². The van der Waals surface area contributed by atoms with Crippen LogP contribution in [0.15, 0.2) is 231 Å². The van der Waals surface area contributed by atoms with Crippen LogP contribution in [-0.4, -0.2) is 9.13 Å². The maximum absolute atomic E-state index is 2.48. The smallest absolute Gasteiger partial charge is 0.0619 e. The van der Waals surface area contributed by atoms with Crippen molar-refractivity contribution in [2.45, 2.75) is 0 Å². The summed E-state index contributed by atoms with van der Waals surface area (Å²) in [7, 11) is 0. The molecule has 0 atom stereocenters. The van der Waals surface area contributed by atoms with E-state index >= 15 is 0 Å². The minimum Gasteiger partial charge on any atom is -0.309 e. The van der Waals surface area contributed by atoms with Gasteiger partial charge in [0.25, 0.3) is 0 Å². The molecule has 11 aromatic carbocycles. The van der Waals surface area contributed by atoms with E-state index in [-0.39, 0.29) is 0 Å². The van der Waals surface area contributed by atoms with Crippen LogP contribution in [0.4, 0.5) is 0 Å². The molecule has 0 aliphatic heterocycles. The molecule has 0 spiro atoms. The van der Waals surface area contributed by atoms with Crippen LogP contribution in [0.25, 0.3) is 132 Å². The first kappa shape index (κ1) is 35.2. The SMILES string of the molecule is c1ccc(-n2c3cc(-c4ccc5c(c4)c4ccccc4n5-c4ccccc4-c4ccccc4-c4ccc5c6c(cccc46)-c4ccccc4-5)ccc3c3ccc4ccccc4c32)cc1. The van der Waals surface area contributed by atoms with Gasteiger partial charge in [0.1, 0.15) is 0 Å². The summed E-state index contributed by atoms with van der Waals surface area (Å²) in [6.07, 6.45) is 0. The molecule has 0 saturated carbocycles. The highest BCUT2D eigenvalue weighted by atomic mass is 15.0. The van der Waals surface area contributed by atoms with E-state index in [1.54, 1.807) is 0 Å². The third-order valence-electron chi connectivity index (χ3n) is 13.9. The summed E-state index contributed by atoms with van der Waals surface area (Å²) in [5.74, 6) is 0. The molecule has 2 heteroatoms. The largest absolute Gasteiger partial charge is 0.309 e. The Labute approximate surface area is 370 Å². The third kappa shape index (κ3) is 4.96. The molecule has 64 heavy (non-hydrogen) atoms. The molecule has 2 aromatic heterocycles. The molecule has 2 nitrogen and oxygen atoms in total. The predicted octanol–water partition coefficient (Wildman–Crippen LogP) is 16.8. The van der Waals surface area contributed by atoms with Crippen molar-refractivity contribution in [1.29, 1.82) is 0 Å². The normalized spacial score (nSPS) is 12.1. The fourth-order valence-corrected chi connectivity index (χ4v) is 11.1. The number of rotatable bonds is 5. The molecule has 13 aromatic rings. The first-order valence-electron chi connectivity index (χ1n) is 22.2. The van der Waals surface area contributed by atoms with Crippen LogP contribution in [0.3, 0.4) is 0 Å². The van der Waals surface area contributed by atoms with E-state index in [9.17, 15) is 0 Å². The average molecular weight is 811 g/mol. The number of fused-ring (bicyclic) bond motifs is 11. The van der Waals surface area contributed by atoms with E-state index in [0.29, 0.717) is 0 Å². The minimum atomic E-state index is 1.16. The van der Waals surface area contributed by atoms with E-state index in [0.717, 1.165) is 11.4 Å². The molecule has 1 aliphatic carbocycles. The zero-order valence-electron chi connectivity index (χ0n) is 34.8. The first-order valence-corrected chi connectivity index (χ1v) is 22.2. The summed E-state index contributed by atoms with van der Waals surface area (Å²) in [4.78, 5) is 0. The van der Waals surface area contributed by atoms with Crippen molar-refractivity contribution in [3.8, 4) is 67.0 Å². The van der Waals surface area contributed by atoms with Crippen LogP contribution in [-0.2, 0) is 0 Å². The molecule has 296 valence electrons.